The molecule has 0 fully saturated rings. The Labute approximate surface area is 181 Å². The normalized spacial score (nSPS) is 19.1. The van der Waals surface area contributed by atoms with E-state index in [1.807, 2.05) is 78.6 Å². The van der Waals surface area contributed by atoms with Crippen LogP contribution in [0.2, 0.25) is 0 Å². The summed E-state index contributed by atoms with van der Waals surface area (Å²) in [7, 11) is 0. The molecule has 156 valence electrons. The monoisotopic (exact) mass is 412 g/mol. The van der Waals surface area contributed by atoms with Crippen LogP contribution in [-0.2, 0) is 11.2 Å². The zero-order valence-electron chi connectivity index (χ0n) is 17.4. The van der Waals surface area contributed by atoms with Gasteiger partial charge < -0.3 is 15.0 Å². The SMILES string of the molecule is CCOc1ccc(NC(=O)[C@H]2c3ccccc3C(=O)N3CCc4ccccc4[C@H]23)cc1. The first kappa shape index (κ1) is 19.4. The molecule has 2 aliphatic heterocycles. The highest BCUT2D eigenvalue weighted by atomic mass is 16.5. The molecular formula is C26H24N2O3. The second kappa shape index (κ2) is 7.91. The lowest BCUT2D eigenvalue weighted by molar-refractivity contribution is -0.119. The zero-order chi connectivity index (χ0) is 21.4. The van der Waals surface area contributed by atoms with E-state index >= 15 is 0 Å². The predicted molar refractivity (Wildman–Crippen MR) is 119 cm³/mol. The maximum absolute atomic E-state index is 13.6. The minimum absolute atomic E-state index is 0.000204. The van der Waals surface area contributed by atoms with E-state index in [1.165, 1.54) is 5.56 Å². The molecule has 0 saturated heterocycles. The molecule has 2 heterocycles. The van der Waals surface area contributed by atoms with Gasteiger partial charge in [-0.15, -0.1) is 0 Å². The molecule has 31 heavy (non-hydrogen) atoms. The summed E-state index contributed by atoms with van der Waals surface area (Å²) in [5.74, 6) is 0.166. The number of hydrogen-bond acceptors (Lipinski definition) is 3. The molecule has 5 nitrogen and oxygen atoms in total. The standard InChI is InChI=1S/C26H24N2O3/c1-2-31-19-13-11-18(12-14-19)27-25(29)23-21-9-5-6-10-22(21)26(30)28-16-15-17-7-3-4-8-20(17)24(23)28/h3-14,23-24H,2,15-16H2,1H3,(H,27,29)/t23-,24+/m0/s1. The molecule has 0 unspecified atom stereocenters. The van der Waals surface area contributed by atoms with Crippen molar-refractivity contribution >= 4 is 17.5 Å². The minimum atomic E-state index is -0.484. The number of hydrogen-bond donors (Lipinski definition) is 1. The van der Waals surface area contributed by atoms with Gasteiger partial charge in [-0.3, -0.25) is 9.59 Å². The van der Waals surface area contributed by atoms with Crippen LogP contribution in [0.15, 0.2) is 72.8 Å². The van der Waals surface area contributed by atoms with Crippen LogP contribution in [0, 0.1) is 0 Å². The summed E-state index contributed by atoms with van der Waals surface area (Å²) in [4.78, 5) is 28.8. The third-order valence-electron chi connectivity index (χ3n) is 6.15. The topological polar surface area (TPSA) is 58.6 Å². The highest BCUT2D eigenvalue weighted by Gasteiger charge is 2.46. The van der Waals surface area contributed by atoms with Crippen LogP contribution in [0.5, 0.6) is 5.75 Å². The van der Waals surface area contributed by atoms with Crippen molar-refractivity contribution in [3.8, 4) is 5.75 Å². The lowest BCUT2D eigenvalue weighted by Gasteiger charge is -2.45. The fourth-order valence-corrected chi connectivity index (χ4v) is 4.78. The molecule has 2 aliphatic rings. The number of rotatable bonds is 4. The highest BCUT2D eigenvalue weighted by molar-refractivity contribution is 6.04. The first-order valence-electron chi connectivity index (χ1n) is 10.7. The van der Waals surface area contributed by atoms with Gasteiger partial charge in [0.2, 0.25) is 5.91 Å². The van der Waals surface area contributed by atoms with Crippen molar-refractivity contribution in [1.29, 1.82) is 0 Å². The Morgan fingerprint density at radius 3 is 2.48 bits per heavy atom. The molecule has 0 saturated carbocycles. The van der Waals surface area contributed by atoms with Crippen LogP contribution in [-0.4, -0.2) is 29.9 Å². The second-order valence-electron chi connectivity index (χ2n) is 7.90. The molecule has 5 rings (SSSR count). The Bertz CT molecular complexity index is 1140. The molecule has 3 aromatic carbocycles. The molecule has 0 aliphatic carbocycles. The van der Waals surface area contributed by atoms with Crippen molar-refractivity contribution < 1.29 is 14.3 Å². The van der Waals surface area contributed by atoms with E-state index < -0.39 is 5.92 Å². The van der Waals surface area contributed by atoms with Gasteiger partial charge in [-0.25, -0.2) is 0 Å². The Morgan fingerprint density at radius 2 is 1.71 bits per heavy atom. The maximum atomic E-state index is 13.6. The van der Waals surface area contributed by atoms with E-state index in [2.05, 4.69) is 11.4 Å². The molecular weight excluding hydrogens is 388 g/mol. The molecule has 0 radical (unpaired) electrons. The van der Waals surface area contributed by atoms with Crippen molar-refractivity contribution in [2.24, 2.45) is 0 Å². The Balaban J connectivity index is 1.55. The molecule has 3 aromatic rings. The smallest absolute Gasteiger partial charge is 0.254 e. The number of benzene rings is 3. The summed E-state index contributed by atoms with van der Waals surface area (Å²) in [6.45, 7) is 3.14. The van der Waals surface area contributed by atoms with E-state index in [0.717, 1.165) is 23.3 Å². The average molecular weight is 412 g/mol. The minimum Gasteiger partial charge on any atom is -0.494 e. The molecule has 0 aromatic heterocycles. The number of fused-ring (bicyclic) bond motifs is 4. The first-order valence-corrected chi connectivity index (χ1v) is 10.7. The molecule has 5 heteroatoms. The van der Waals surface area contributed by atoms with Crippen LogP contribution >= 0.6 is 0 Å². The maximum Gasteiger partial charge on any atom is 0.254 e. The Kier molecular flexibility index (Phi) is 4.94. The fourth-order valence-electron chi connectivity index (χ4n) is 4.78. The number of amides is 2. The number of anilines is 1. The molecule has 2 amide bonds. The van der Waals surface area contributed by atoms with Gasteiger partial charge in [0.05, 0.1) is 18.6 Å². The number of carbonyl (C=O) groups excluding carboxylic acids is 2. The Morgan fingerprint density at radius 1 is 1.00 bits per heavy atom. The second-order valence-corrected chi connectivity index (χ2v) is 7.90. The third-order valence-corrected chi connectivity index (χ3v) is 6.15. The number of nitrogens with zero attached hydrogens (tertiary/aromatic N) is 1. The van der Waals surface area contributed by atoms with Gasteiger partial charge in [-0.2, -0.15) is 0 Å². The van der Waals surface area contributed by atoms with Crippen molar-refractivity contribution in [1.82, 2.24) is 4.90 Å². The molecule has 2 atom stereocenters. The predicted octanol–water partition coefficient (Wildman–Crippen LogP) is 4.56. The van der Waals surface area contributed by atoms with Crippen molar-refractivity contribution in [2.75, 3.05) is 18.5 Å². The van der Waals surface area contributed by atoms with Crippen LogP contribution in [0.1, 0.15) is 45.9 Å². The van der Waals surface area contributed by atoms with Gasteiger partial charge in [0.25, 0.3) is 5.91 Å². The van der Waals surface area contributed by atoms with Crippen LogP contribution in [0.3, 0.4) is 0 Å². The lowest BCUT2D eigenvalue weighted by atomic mass is 9.76. The largest absolute Gasteiger partial charge is 0.494 e. The van der Waals surface area contributed by atoms with Crippen molar-refractivity contribution in [3.63, 3.8) is 0 Å². The summed E-state index contributed by atoms with van der Waals surface area (Å²) in [6.07, 6.45) is 0.799. The molecule has 0 bridgehead atoms. The number of ether oxygens (including phenoxy) is 1. The van der Waals surface area contributed by atoms with E-state index in [1.54, 1.807) is 0 Å². The number of carbonyl (C=O) groups is 2. The summed E-state index contributed by atoms with van der Waals surface area (Å²) in [5.41, 5.74) is 4.37. The van der Waals surface area contributed by atoms with Gasteiger partial charge in [0, 0.05) is 17.8 Å². The summed E-state index contributed by atoms with van der Waals surface area (Å²) in [5, 5.41) is 3.07. The third kappa shape index (κ3) is 3.36. The van der Waals surface area contributed by atoms with Crippen molar-refractivity contribution in [2.45, 2.75) is 25.3 Å². The van der Waals surface area contributed by atoms with E-state index in [9.17, 15) is 9.59 Å². The summed E-state index contributed by atoms with van der Waals surface area (Å²) >= 11 is 0. The first-order chi connectivity index (χ1) is 15.2. The average Bonchev–Trinajstić information content (AvgIpc) is 2.80. The molecule has 0 spiro atoms. The van der Waals surface area contributed by atoms with Crippen LogP contribution in [0.25, 0.3) is 0 Å². The quantitative estimate of drug-likeness (QED) is 0.683. The van der Waals surface area contributed by atoms with Crippen LogP contribution < -0.4 is 10.1 Å². The fraction of sp³-hybridized carbons (Fsp3) is 0.231. The van der Waals surface area contributed by atoms with Gasteiger partial charge >= 0.3 is 0 Å². The summed E-state index contributed by atoms with van der Waals surface area (Å²) in [6, 6.07) is 22.7. The van der Waals surface area contributed by atoms with Crippen molar-refractivity contribution in [3.05, 3.63) is 95.1 Å². The Hall–Kier alpha value is -3.60. The van der Waals surface area contributed by atoms with Crippen LogP contribution in [0.4, 0.5) is 5.69 Å². The lowest BCUT2D eigenvalue weighted by Crippen LogP contribution is -2.49. The summed E-state index contributed by atoms with van der Waals surface area (Å²) < 4.78 is 5.49. The highest BCUT2D eigenvalue weighted by Crippen LogP contribution is 2.46. The van der Waals surface area contributed by atoms with E-state index in [4.69, 9.17) is 4.74 Å². The van der Waals surface area contributed by atoms with E-state index in [-0.39, 0.29) is 17.9 Å². The number of nitrogens with one attached hydrogen (secondary N) is 1. The van der Waals surface area contributed by atoms with E-state index in [0.29, 0.717) is 24.4 Å². The zero-order valence-corrected chi connectivity index (χ0v) is 17.4. The van der Waals surface area contributed by atoms with Gasteiger partial charge in [0.15, 0.2) is 0 Å². The van der Waals surface area contributed by atoms with Gasteiger partial charge in [-0.1, -0.05) is 42.5 Å². The van der Waals surface area contributed by atoms with Gasteiger partial charge in [-0.05, 0) is 60.4 Å². The van der Waals surface area contributed by atoms with Gasteiger partial charge in [0.1, 0.15) is 5.75 Å². The molecule has 1 N–H and O–H groups in total.